The van der Waals surface area contributed by atoms with Crippen LogP contribution in [0, 0.1) is 5.92 Å². The molecule has 2 rings (SSSR count). The molecule has 1 aromatic carbocycles. The van der Waals surface area contributed by atoms with Crippen LogP contribution in [0.5, 0.6) is 5.75 Å². The van der Waals surface area contributed by atoms with Crippen LogP contribution in [0.2, 0.25) is 0 Å². The van der Waals surface area contributed by atoms with Gasteiger partial charge in [-0.15, -0.1) is 0 Å². The Balaban J connectivity index is 1.90. The lowest BCUT2D eigenvalue weighted by molar-refractivity contribution is 0.173. The van der Waals surface area contributed by atoms with Crippen LogP contribution in [-0.2, 0) is 6.54 Å². The molecule has 0 radical (unpaired) electrons. The van der Waals surface area contributed by atoms with Crippen molar-refractivity contribution in [2.24, 2.45) is 5.92 Å². The van der Waals surface area contributed by atoms with Gasteiger partial charge in [0.25, 0.3) is 0 Å². The zero-order valence-electron chi connectivity index (χ0n) is 12.5. The predicted octanol–water partition coefficient (Wildman–Crippen LogP) is 1.49. The van der Waals surface area contributed by atoms with E-state index >= 15 is 0 Å². The Kier molecular flexibility index (Phi) is 5.83. The van der Waals surface area contributed by atoms with E-state index in [1.54, 1.807) is 0 Å². The first kappa shape index (κ1) is 15.3. The summed E-state index contributed by atoms with van der Waals surface area (Å²) in [5.41, 5.74) is 1.16. The van der Waals surface area contributed by atoms with E-state index in [1.165, 1.54) is 6.42 Å². The van der Waals surface area contributed by atoms with Crippen LogP contribution < -0.4 is 10.1 Å². The highest BCUT2D eigenvalue weighted by Gasteiger charge is 2.23. The van der Waals surface area contributed by atoms with E-state index in [4.69, 9.17) is 9.84 Å². The van der Waals surface area contributed by atoms with Crippen molar-refractivity contribution in [3.8, 4) is 5.75 Å². The molecular weight excluding hydrogens is 252 g/mol. The maximum absolute atomic E-state index is 8.87. The second-order valence-corrected chi connectivity index (χ2v) is 5.70. The Bertz CT molecular complexity index is 411. The molecule has 0 aromatic heterocycles. The third-order valence-corrected chi connectivity index (χ3v) is 3.98. The van der Waals surface area contributed by atoms with Crippen LogP contribution >= 0.6 is 0 Å². The van der Waals surface area contributed by atoms with Crippen LogP contribution in [-0.4, -0.2) is 49.4 Å². The van der Waals surface area contributed by atoms with Crippen molar-refractivity contribution in [1.82, 2.24) is 10.2 Å². The molecule has 1 aliphatic rings. The lowest BCUT2D eigenvalue weighted by Gasteiger charge is -2.35. The van der Waals surface area contributed by atoms with Crippen LogP contribution in [0.3, 0.4) is 0 Å². The number of nitrogens with one attached hydrogen (secondary N) is 1. The van der Waals surface area contributed by atoms with E-state index in [0.717, 1.165) is 30.9 Å². The average molecular weight is 278 g/mol. The Morgan fingerprint density at radius 3 is 2.95 bits per heavy atom. The molecule has 4 heteroatoms. The van der Waals surface area contributed by atoms with Crippen molar-refractivity contribution in [3.05, 3.63) is 29.8 Å². The van der Waals surface area contributed by atoms with Gasteiger partial charge in [-0.1, -0.05) is 25.1 Å². The average Bonchev–Trinajstić information content (AvgIpc) is 2.45. The number of nitrogens with zero attached hydrogens (tertiary/aromatic N) is 1. The van der Waals surface area contributed by atoms with Gasteiger partial charge in [-0.05, 0) is 32.0 Å². The van der Waals surface area contributed by atoms with Gasteiger partial charge >= 0.3 is 0 Å². The lowest BCUT2D eigenvalue weighted by Crippen LogP contribution is -2.46. The number of aliphatic hydroxyl groups excluding tert-OH is 1. The minimum atomic E-state index is 0.0494. The number of para-hydroxylation sites is 1. The summed E-state index contributed by atoms with van der Waals surface area (Å²) < 4.78 is 5.57. The fourth-order valence-corrected chi connectivity index (χ4v) is 2.84. The van der Waals surface area contributed by atoms with Gasteiger partial charge in [0, 0.05) is 24.7 Å². The first-order valence-corrected chi connectivity index (χ1v) is 7.44. The normalized spacial score (nSPS) is 23.8. The molecule has 0 aliphatic carbocycles. The van der Waals surface area contributed by atoms with Gasteiger partial charge in [0.05, 0.1) is 6.61 Å². The molecule has 2 unspecified atom stereocenters. The van der Waals surface area contributed by atoms with Gasteiger partial charge in [-0.2, -0.15) is 0 Å². The molecule has 0 spiro atoms. The van der Waals surface area contributed by atoms with E-state index in [1.807, 2.05) is 18.2 Å². The molecule has 2 atom stereocenters. The minimum Gasteiger partial charge on any atom is -0.491 e. The maximum Gasteiger partial charge on any atom is 0.123 e. The third-order valence-electron chi connectivity index (χ3n) is 3.98. The van der Waals surface area contributed by atoms with Crippen molar-refractivity contribution in [3.63, 3.8) is 0 Å². The van der Waals surface area contributed by atoms with Crippen molar-refractivity contribution in [1.29, 1.82) is 0 Å². The molecule has 1 saturated heterocycles. The molecule has 20 heavy (non-hydrogen) atoms. The predicted molar refractivity (Wildman–Crippen MR) is 80.9 cm³/mol. The van der Waals surface area contributed by atoms with Gasteiger partial charge < -0.3 is 20.1 Å². The second-order valence-electron chi connectivity index (χ2n) is 5.70. The minimum absolute atomic E-state index is 0.0494. The first-order chi connectivity index (χ1) is 9.70. The zero-order chi connectivity index (χ0) is 14.4. The standard InChI is InChI=1S/C16H26N2O2/c1-13-12-18(2)8-7-15(13)17-11-14-5-3-4-6-16(14)20-10-9-19/h3-6,13,15,17,19H,7-12H2,1-2H3. The number of rotatable bonds is 6. The topological polar surface area (TPSA) is 44.7 Å². The molecule has 1 heterocycles. The van der Waals surface area contributed by atoms with Gasteiger partial charge in [0.2, 0.25) is 0 Å². The van der Waals surface area contributed by atoms with Gasteiger partial charge in [-0.25, -0.2) is 0 Å². The van der Waals surface area contributed by atoms with E-state index in [9.17, 15) is 0 Å². The number of ether oxygens (including phenoxy) is 1. The fraction of sp³-hybridized carbons (Fsp3) is 0.625. The van der Waals surface area contributed by atoms with Crippen LogP contribution in [0.4, 0.5) is 0 Å². The number of hydrogen-bond donors (Lipinski definition) is 2. The molecule has 1 aromatic rings. The Labute approximate surface area is 121 Å². The highest BCUT2D eigenvalue weighted by molar-refractivity contribution is 5.33. The zero-order valence-corrected chi connectivity index (χ0v) is 12.5. The molecule has 112 valence electrons. The molecule has 2 N–H and O–H groups in total. The Morgan fingerprint density at radius 2 is 2.20 bits per heavy atom. The molecule has 0 amide bonds. The number of aliphatic hydroxyl groups is 1. The van der Waals surface area contributed by atoms with E-state index < -0.39 is 0 Å². The summed E-state index contributed by atoms with van der Waals surface area (Å²) in [4.78, 5) is 2.39. The molecule has 0 saturated carbocycles. The van der Waals surface area contributed by atoms with Crippen LogP contribution in [0.1, 0.15) is 18.9 Å². The number of likely N-dealkylation sites (tertiary alicyclic amines) is 1. The number of benzene rings is 1. The van der Waals surface area contributed by atoms with Crippen LogP contribution in [0.15, 0.2) is 24.3 Å². The number of piperidine rings is 1. The fourth-order valence-electron chi connectivity index (χ4n) is 2.84. The maximum atomic E-state index is 8.87. The number of hydrogen-bond acceptors (Lipinski definition) is 4. The highest BCUT2D eigenvalue weighted by atomic mass is 16.5. The Hall–Kier alpha value is -1.10. The smallest absolute Gasteiger partial charge is 0.123 e. The second kappa shape index (κ2) is 7.62. The lowest BCUT2D eigenvalue weighted by atomic mass is 9.94. The summed E-state index contributed by atoms with van der Waals surface area (Å²) in [7, 11) is 2.19. The van der Waals surface area contributed by atoms with Crippen molar-refractivity contribution in [2.45, 2.75) is 25.9 Å². The largest absolute Gasteiger partial charge is 0.491 e. The Morgan fingerprint density at radius 1 is 1.40 bits per heavy atom. The summed E-state index contributed by atoms with van der Waals surface area (Å²) in [6.45, 7) is 5.84. The van der Waals surface area contributed by atoms with E-state index in [2.05, 4.69) is 30.3 Å². The molecule has 1 fully saturated rings. The van der Waals surface area contributed by atoms with E-state index in [-0.39, 0.29) is 6.61 Å². The quantitative estimate of drug-likeness (QED) is 0.827. The van der Waals surface area contributed by atoms with Gasteiger partial charge in [-0.3, -0.25) is 0 Å². The molecule has 4 nitrogen and oxygen atoms in total. The first-order valence-electron chi connectivity index (χ1n) is 7.44. The molecule has 1 aliphatic heterocycles. The SMILES string of the molecule is CC1CN(C)CCC1NCc1ccccc1OCCO. The summed E-state index contributed by atoms with van der Waals surface area (Å²) in [5, 5.41) is 12.5. The van der Waals surface area contributed by atoms with Crippen molar-refractivity contribution < 1.29 is 9.84 Å². The summed E-state index contributed by atoms with van der Waals surface area (Å²) in [6.07, 6.45) is 1.19. The van der Waals surface area contributed by atoms with Crippen molar-refractivity contribution in [2.75, 3.05) is 33.4 Å². The van der Waals surface area contributed by atoms with E-state index in [0.29, 0.717) is 18.6 Å². The monoisotopic (exact) mass is 278 g/mol. The van der Waals surface area contributed by atoms with Crippen molar-refractivity contribution >= 4 is 0 Å². The van der Waals surface area contributed by atoms with Crippen LogP contribution in [0.25, 0.3) is 0 Å². The third kappa shape index (κ3) is 4.20. The molecule has 0 bridgehead atoms. The molecular formula is C16H26N2O2. The highest BCUT2D eigenvalue weighted by Crippen LogP contribution is 2.20. The summed E-state index contributed by atoms with van der Waals surface area (Å²) in [5.74, 6) is 1.54. The van der Waals surface area contributed by atoms with Gasteiger partial charge in [0.15, 0.2) is 0 Å². The van der Waals surface area contributed by atoms with Gasteiger partial charge in [0.1, 0.15) is 12.4 Å². The summed E-state index contributed by atoms with van der Waals surface area (Å²) >= 11 is 0. The summed E-state index contributed by atoms with van der Waals surface area (Å²) in [6, 6.07) is 8.61.